The van der Waals surface area contributed by atoms with Crippen LogP contribution in [0.1, 0.15) is 16.9 Å². The van der Waals surface area contributed by atoms with Crippen LogP contribution in [0.5, 0.6) is 0 Å². The molecule has 0 saturated heterocycles. The van der Waals surface area contributed by atoms with Gasteiger partial charge in [0, 0.05) is 20.0 Å². The number of hydrogen-bond donors (Lipinski definition) is 0. The van der Waals surface area contributed by atoms with Crippen LogP contribution < -0.4 is 0 Å². The summed E-state index contributed by atoms with van der Waals surface area (Å²) in [5, 5.41) is 0. The summed E-state index contributed by atoms with van der Waals surface area (Å²) in [6.45, 7) is 4.16. The maximum atomic E-state index is 12.5. The molecule has 1 heterocycles. The van der Waals surface area contributed by atoms with E-state index in [0.717, 1.165) is 16.9 Å². The summed E-state index contributed by atoms with van der Waals surface area (Å²) in [5.41, 5.74) is 1.83. The summed E-state index contributed by atoms with van der Waals surface area (Å²) in [6.07, 6.45) is 2.15. The molecule has 0 N–H and O–H groups in total. The fourth-order valence-corrected chi connectivity index (χ4v) is 3.47. The molecule has 108 valence electrons. The third kappa shape index (κ3) is 3.11. The maximum Gasteiger partial charge on any atom is 0.243 e. The third-order valence-electron chi connectivity index (χ3n) is 3.27. The molecular formula is C15H19NO3S. The minimum Gasteiger partial charge on any atom is -0.469 e. The molecule has 0 spiro atoms. The SMILES string of the molecule is Cc1ccc(S(=O)(=O)N(C)CCc2ccco2)c(C)c1. The van der Waals surface area contributed by atoms with Gasteiger partial charge in [0.15, 0.2) is 0 Å². The first-order chi connectivity index (χ1) is 9.41. The highest BCUT2D eigenvalue weighted by atomic mass is 32.2. The van der Waals surface area contributed by atoms with Gasteiger partial charge in [-0.2, -0.15) is 0 Å². The third-order valence-corrected chi connectivity index (χ3v) is 5.29. The molecule has 0 saturated carbocycles. The van der Waals surface area contributed by atoms with Crippen LogP contribution in [0, 0.1) is 13.8 Å². The Hall–Kier alpha value is -1.59. The lowest BCUT2D eigenvalue weighted by Gasteiger charge is -2.18. The Labute approximate surface area is 120 Å². The highest BCUT2D eigenvalue weighted by Crippen LogP contribution is 2.20. The number of likely N-dealkylation sites (N-methyl/N-ethyl adjacent to an activating group) is 1. The van der Waals surface area contributed by atoms with Crippen molar-refractivity contribution in [2.45, 2.75) is 25.2 Å². The summed E-state index contributed by atoms with van der Waals surface area (Å²) in [4.78, 5) is 0.366. The lowest BCUT2D eigenvalue weighted by atomic mass is 10.2. The topological polar surface area (TPSA) is 50.5 Å². The van der Waals surface area contributed by atoms with E-state index in [1.54, 1.807) is 25.4 Å². The number of rotatable bonds is 5. The van der Waals surface area contributed by atoms with Crippen LogP contribution in [0.25, 0.3) is 0 Å². The molecule has 0 bridgehead atoms. The van der Waals surface area contributed by atoms with Gasteiger partial charge in [-0.1, -0.05) is 17.7 Å². The van der Waals surface area contributed by atoms with Crippen LogP contribution in [0.2, 0.25) is 0 Å². The highest BCUT2D eigenvalue weighted by molar-refractivity contribution is 7.89. The van der Waals surface area contributed by atoms with Gasteiger partial charge in [0.1, 0.15) is 5.76 Å². The normalized spacial score (nSPS) is 12.0. The van der Waals surface area contributed by atoms with Crippen LogP contribution >= 0.6 is 0 Å². The minimum atomic E-state index is -3.45. The van der Waals surface area contributed by atoms with Gasteiger partial charge < -0.3 is 4.42 Å². The average molecular weight is 293 g/mol. The predicted molar refractivity (Wildman–Crippen MR) is 78.1 cm³/mol. The van der Waals surface area contributed by atoms with Gasteiger partial charge in [-0.05, 0) is 37.6 Å². The molecule has 1 aromatic carbocycles. The summed E-state index contributed by atoms with van der Waals surface area (Å²) in [5.74, 6) is 0.785. The molecular weight excluding hydrogens is 274 g/mol. The van der Waals surface area contributed by atoms with Crippen molar-refractivity contribution in [3.8, 4) is 0 Å². The molecule has 20 heavy (non-hydrogen) atoms. The molecule has 0 aliphatic rings. The van der Waals surface area contributed by atoms with Crippen LogP contribution in [-0.2, 0) is 16.4 Å². The highest BCUT2D eigenvalue weighted by Gasteiger charge is 2.22. The lowest BCUT2D eigenvalue weighted by Crippen LogP contribution is -2.29. The molecule has 0 amide bonds. The fraction of sp³-hybridized carbons (Fsp3) is 0.333. The van der Waals surface area contributed by atoms with Crippen molar-refractivity contribution in [2.24, 2.45) is 0 Å². The zero-order valence-corrected chi connectivity index (χ0v) is 12.8. The van der Waals surface area contributed by atoms with E-state index in [1.807, 2.05) is 32.0 Å². The van der Waals surface area contributed by atoms with Gasteiger partial charge in [-0.25, -0.2) is 12.7 Å². The molecule has 0 atom stereocenters. The van der Waals surface area contributed by atoms with Crippen LogP contribution in [-0.4, -0.2) is 26.3 Å². The second kappa shape index (κ2) is 5.81. The second-order valence-electron chi connectivity index (χ2n) is 4.92. The van der Waals surface area contributed by atoms with Gasteiger partial charge in [0.05, 0.1) is 11.2 Å². The smallest absolute Gasteiger partial charge is 0.243 e. The molecule has 4 nitrogen and oxygen atoms in total. The molecule has 0 radical (unpaired) electrons. The van der Waals surface area contributed by atoms with E-state index in [-0.39, 0.29) is 0 Å². The molecule has 0 aliphatic carbocycles. The fourth-order valence-electron chi connectivity index (χ4n) is 2.10. The van der Waals surface area contributed by atoms with Gasteiger partial charge in [0.25, 0.3) is 0 Å². The molecule has 0 aliphatic heterocycles. The molecule has 0 unspecified atom stereocenters. The molecule has 2 aromatic rings. The Morgan fingerprint density at radius 2 is 1.95 bits per heavy atom. The Morgan fingerprint density at radius 1 is 1.20 bits per heavy atom. The molecule has 1 aromatic heterocycles. The monoisotopic (exact) mass is 293 g/mol. The van der Waals surface area contributed by atoms with E-state index in [0.29, 0.717) is 17.9 Å². The van der Waals surface area contributed by atoms with Gasteiger partial charge >= 0.3 is 0 Å². The van der Waals surface area contributed by atoms with Gasteiger partial charge in [-0.3, -0.25) is 0 Å². The largest absolute Gasteiger partial charge is 0.469 e. The van der Waals surface area contributed by atoms with Crippen molar-refractivity contribution in [1.29, 1.82) is 0 Å². The van der Waals surface area contributed by atoms with Crippen LogP contribution in [0.15, 0.2) is 45.9 Å². The van der Waals surface area contributed by atoms with E-state index in [2.05, 4.69) is 0 Å². The van der Waals surface area contributed by atoms with E-state index in [4.69, 9.17) is 4.42 Å². The van der Waals surface area contributed by atoms with Gasteiger partial charge in [0.2, 0.25) is 10.0 Å². The first-order valence-electron chi connectivity index (χ1n) is 6.47. The van der Waals surface area contributed by atoms with Crippen molar-refractivity contribution in [3.05, 3.63) is 53.5 Å². The van der Waals surface area contributed by atoms with E-state index in [1.165, 1.54) is 4.31 Å². The lowest BCUT2D eigenvalue weighted by molar-refractivity contribution is 0.441. The first-order valence-corrected chi connectivity index (χ1v) is 7.91. The second-order valence-corrected chi connectivity index (χ2v) is 6.94. The average Bonchev–Trinajstić information content (AvgIpc) is 2.88. The summed E-state index contributed by atoms with van der Waals surface area (Å²) < 4.78 is 31.6. The molecule has 2 rings (SSSR count). The summed E-state index contributed by atoms with van der Waals surface area (Å²) >= 11 is 0. The van der Waals surface area contributed by atoms with Crippen molar-refractivity contribution in [3.63, 3.8) is 0 Å². The molecule has 5 heteroatoms. The standard InChI is InChI=1S/C15H19NO3S/c1-12-6-7-15(13(2)11-12)20(17,18)16(3)9-8-14-5-4-10-19-14/h4-7,10-11H,8-9H2,1-3H3. The number of aryl methyl sites for hydroxylation is 2. The van der Waals surface area contributed by atoms with E-state index in [9.17, 15) is 8.42 Å². The maximum absolute atomic E-state index is 12.5. The number of furan rings is 1. The first kappa shape index (κ1) is 14.8. The van der Waals surface area contributed by atoms with Crippen molar-refractivity contribution >= 4 is 10.0 Å². The van der Waals surface area contributed by atoms with Crippen LogP contribution in [0.3, 0.4) is 0 Å². The predicted octanol–water partition coefficient (Wildman–Crippen LogP) is 2.76. The Bertz CT molecular complexity index is 675. The van der Waals surface area contributed by atoms with Crippen molar-refractivity contribution in [2.75, 3.05) is 13.6 Å². The van der Waals surface area contributed by atoms with E-state index >= 15 is 0 Å². The number of benzene rings is 1. The zero-order valence-electron chi connectivity index (χ0n) is 12.0. The summed E-state index contributed by atoms with van der Waals surface area (Å²) in [7, 11) is -1.85. The van der Waals surface area contributed by atoms with Crippen molar-refractivity contribution < 1.29 is 12.8 Å². The Morgan fingerprint density at radius 3 is 2.55 bits per heavy atom. The molecule has 0 fully saturated rings. The minimum absolute atomic E-state index is 0.366. The van der Waals surface area contributed by atoms with E-state index < -0.39 is 10.0 Å². The summed E-state index contributed by atoms with van der Waals surface area (Å²) in [6, 6.07) is 9.02. The van der Waals surface area contributed by atoms with Gasteiger partial charge in [-0.15, -0.1) is 0 Å². The number of hydrogen-bond acceptors (Lipinski definition) is 3. The zero-order chi connectivity index (χ0) is 14.8. The Kier molecular flexibility index (Phi) is 4.30. The Balaban J connectivity index is 2.16. The van der Waals surface area contributed by atoms with Crippen LogP contribution in [0.4, 0.5) is 0 Å². The number of nitrogens with zero attached hydrogens (tertiary/aromatic N) is 1. The van der Waals surface area contributed by atoms with Crippen molar-refractivity contribution in [1.82, 2.24) is 4.31 Å². The number of sulfonamides is 1. The quantitative estimate of drug-likeness (QED) is 0.851.